The Hall–Kier alpha value is -1.73. The highest BCUT2D eigenvalue weighted by Gasteiger charge is 2.19. The zero-order valence-corrected chi connectivity index (χ0v) is 11.5. The summed E-state index contributed by atoms with van der Waals surface area (Å²) < 4.78 is 5.41. The molecule has 2 rings (SSSR count). The fourth-order valence-corrected chi connectivity index (χ4v) is 2.44. The van der Waals surface area contributed by atoms with Crippen molar-refractivity contribution in [3.05, 3.63) is 28.1 Å². The molecule has 1 fully saturated rings. The number of likely N-dealkylation sites (N-methyl/N-ethyl adjacent to an activating group) is 1. The number of hydrogen-bond acceptors (Lipinski definition) is 5. The van der Waals surface area contributed by atoms with Gasteiger partial charge in [0.25, 0.3) is 5.69 Å². The van der Waals surface area contributed by atoms with Gasteiger partial charge in [-0.1, -0.05) is 0 Å². The van der Waals surface area contributed by atoms with E-state index >= 15 is 0 Å². The third-order valence-electron chi connectivity index (χ3n) is 3.42. The first-order valence-electron chi connectivity index (χ1n) is 6.68. The van der Waals surface area contributed by atoms with E-state index in [1.165, 1.54) is 12.3 Å². The number of rotatable bonds is 6. The molecule has 1 atom stereocenters. The summed E-state index contributed by atoms with van der Waals surface area (Å²) in [4.78, 5) is 26.7. The molecule has 1 aliphatic rings. The highest BCUT2D eigenvalue weighted by atomic mass is 16.6. The van der Waals surface area contributed by atoms with Crippen LogP contribution >= 0.6 is 0 Å². The Bertz CT molecular complexity index is 480. The van der Waals surface area contributed by atoms with E-state index in [-0.39, 0.29) is 23.7 Å². The first-order valence-corrected chi connectivity index (χ1v) is 6.68. The summed E-state index contributed by atoms with van der Waals surface area (Å²) in [6.07, 6.45) is 3.42. The smallest absolute Gasteiger partial charge is 0.287 e. The maximum Gasteiger partial charge on any atom is 0.287 e. The van der Waals surface area contributed by atoms with Crippen molar-refractivity contribution >= 4 is 11.5 Å². The Balaban J connectivity index is 1.84. The summed E-state index contributed by atoms with van der Waals surface area (Å²) in [6.45, 7) is 2.61. The SMILES string of the molecule is CN(CC(=O)c1cc([N+](=O)[O-])c[nH]1)CC1CCCOC1. The number of aromatic amines is 1. The zero-order valence-electron chi connectivity index (χ0n) is 11.5. The van der Waals surface area contributed by atoms with Gasteiger partial charge < -0.3 is 9.72 Å². The molecule has 0 radical (unpaired) electrons. The molecule has 1 N–H and O–H groups in total. The van der Waals surface area contributed by atoms with Crippen LogP contribution in [-0.4, -0.2) is 53.9 Å². The summed E-state index contributed by atoms with van der Waals surface area (Å²) >= 11 is 0. The Morgan fingerprint density at radius 2 is 2.45 bits per heavy atom. The molecule has 0 aliphatic carbocycles. The Kier molecular flexibility index (Phi) is 4.86. The number of aromatic nitrogens is 1. The Labute approximate surface area is 117 Å². The fraction of sp³-hybridized carbons (Fsp3) is 0.615. The van der Waals surface area contributed by atoms with Crippen molar-refractivity contribution < 1.29 is 14.5 Å². The predicted molar refractivity (Wildman–Crippen MR) is 72.8 cm³/mol. The van der Waals surface area contributed by atoms with E-state index in [1.807, 2.05) is 11.9 Å². The molecule has 1 aromatic rings. The Morgan fingerprint density at radius 1 is 1.65 bits per heavy atom. The minimum absolute atomic E-state index is 0.0864. The number of Topliss-reactive ketones (excluding diaryl/α,β-unsaturated/α-hetero) is 1. The van der Waals surface area contributed by atoms with E-state index in [0.717, 1.165) is 32.6 Å². The number of carbonyl (C=O) groups excluding carboxylic acids is 1. The topological polar surface area (TPSA) is 88.5 Å². The molecule has 1 aromatic heterocycles. The molecular weight excluding hydrogens is 262 g/mol. The van der Waals surface area contributed by atoms with Crippen molar-refractivity contribution in [1.82, 2.24) is 9.88 Å². The maximum atomic E-state index is 12.0. The molecule has 0 aromatic carbocycles. The van der Waals surface area contributed by atoms with E-state index in [9.17, 15) is 14.9 Å². The molecule has 0 bridgehead atoms. The molecular formula is C13H19N3O4. The molecule has 20 heavy (non-hydrogen) atoms. The maximum absolute atomic E-state index is 12.0. The monoisotopic (exact) mass is 281 g/mol. The lowest BCUT2D eigenvalue weighted by molar-refractivity contribution is -0.384. The normalized spacial score (nSPS) is 19.2. The van der Waals surface area contributed by atoms with Crippen molar-refractivity contribution in [3.8, 4) is 0 Å². The number of hydrogen-bond donors (Lipinski definition) is 1. The lowest BCUT2D eigenvalue weighted by atomic mass is 10.0. The van der Waals surface area contributed by atoms with Gasteiger partial charge in [-0.25, -0.2) is 0 Å². The van der Waals surface area contributed by atoms with Crippen LogP contribution in [0.3, 0.4) is 0 Å². The van der Waals surface area contributed by atoms with Crippen molar-refractivity contribution in [3.63, 3.8) is 0 Å². The predicted octanol–water partition coefficient (Wildman–Crippen LogP) is 1.46. The number of ether oxygens (including phenoxy) is 1. The highest BCUT2D eigenvalue weighted by Crippen LogP contribution is 2.15. The molecule has 1 saturated heterocycles. The lowest BCUT2D eigenvalue weighted by Crippen LogP contribution is -2.34. The average molecular weight is 281 g/mol. The molecule has 2 heterocycles. The van der Waals surface area contributed by atoms with Gasteiger partial charge in [0.1, 0.15) is 0 Å². The quantitative estimate of drug-likeness (QED) is 0.484. The van der Waals surface area contributed by atoms with Crippen LogP contribution in [0.5, 0.6) is 0 Å². The van der Waals surface area contributed by atoms with Gasteiger partial charge >= 0.3 is 0 Å². The number of nitrogens with one attached hydrogen (secondary N) is 1. The second-order valence-electron chi connectivity index (χ2n) is 5.23. The Morgan fingerprint density at radius 3 is 3.05 bits per heavy atom. The molecule has 7 heteroatoms. The van der Waals surface area contributed by atoms with Gasteiger partial charge in [0.2, 0.25) is 0 Å². The number of H-pyrrole nitrogens is 1. The standard InChI is InChI=1S/C13H19N3O4/c1-15(7-10-3-2-4-20-9-10)8-13(17)12-5-11(6-14-12)16(18)19/h5-6,10,14H,2-4,7-9H2,1H3. The van der Waals surface area contributed by atoms with Crippen LogP contribution in [0, 0.1) is 16.0 Å². The van der Waals surface area contributed by atoms with Crippen LogP contribution in [0.2, 0.25) is 0 Å². The largest absolute Gasteiger partial charge is 0.381 e. The van der Waals surface area contributed by atoms with E-state index in [4.69, 9.17) is 4.74 Å². The van der Waals surface area contributed by atoms with Gasteiger partial charge in [0.05, 0.1) is 30.0 Å². The molecule has 110 valence electrons. The van der Waals surface area contributed by atoms with Gasteiger partial charge in [0.15, 0.2) is 5.78 Å². The zero-order chi connectivity index (χ0) is 14.5. The second-order valence-corrected chi connectivity index (χ2v) is 5.23. The average Bonchev–Trinajstić information content (AvgIpc) is 2.89. The molecule has 0 saturated carbocycles. The minimum Gasteiger partial charge on any atom is -0.381 e. The summed E-state index contributed by atoms with van der Waals surface area (Å²) in [5.74, 6) is 0.317. The van der Waals surface area contributed by atoms with Crippen LogP contribution in [0.15, 0.2) is 12.3 Å². The van der Waals surface area contributed by atoms with E-state index in [1.54, 1.807) is 0 Å². The molecule has 0 spiro atoms. The van der Waals surface area contributed by atoms with Crippen LogP contribution in [-0.2, 0) is 4.74 Å². The summed E-state index contributed by atoms with van der Waals surface area (Å²) in [5.41, 5.74) is 0.195. The lowest BCUT2D eigenvalue weighted by Gasteiger charge is -2.26. The van der Waals surface area contributed by atoms with Crippen LogP contribution in [0.25, 0.3) is 0 Å². The van der Waals surface area contributed by atoms with Gasteiger partial charge in [-0.3, -0.25) is 19.8 Å². The molecule has 1 unspecified atom stereocenters. The first-order chi connectivity index (χ1) is 9.56. The van der Waals surface area contributed by atoms with Gasteiger partial charge in [-0.15, -0.1) is 0 Å². The van der Waals surface area contributed by atoms with Crippen molar-refractivity contribution in [2.24, 2.45) is 5.92 Å². The highest BCUT2D eigenvalue weighted by molar-refractivity contribution is 5.96. The third-order valence-corrected chi connectivity index (χ3v) is 3.42. The summed E-state index contributed by atoms with van der Waals surface area (Å²) in [6, 6.07) is 1.28. The van der Waals surface area contributed by atoms with Gasteiger partial charge in [-0.2, -0.15) is 0 Å². The van der Waals surface area contributed by atoms with Crippen molar-refractivity contribution in [2.75, 3.05) is 33.4 Å². The number of nitro groups is 1. The second kappa shape index (κ2) is 6.62. The van der Waals surface area contributed by atoms with Crippen LogP contribution in [0.4, 0.5) is 5.69 Å². The summed E-state index contributed by atoms with van der Waals surface area (Å²) in [7, 11) is 1.88. The molecule has 0 amide bonds. The number of carbonyl (C=O) groups is 1. The third kappa shape index (κ3) is 3.88. The van der Waals surface area contributed by atoms with Crippen molar-refractivity contribution in [2.45, 2.75) is 12.8 Å². The molecule has 7 nitrogen and oxygen atoms in total. The number of ketones is 1. The van der Waals surface area contributed by atoms with Gasteiger partial charge in [-0.05, 0) is 25.8 Å². The van der Waals surface area contributed by atoms with Crippen LogP contribution < -0.4 is 0 Å². The van der Waals surface area contributed by atoms with E-state index < -0.39 is 4.92 Å². The molecule has 1 aliphatic heterocycles. The summed E-state index contributed by atoms with van der Waals surface area (Å²) in [5, 5.41) is 10.6. The van der Waals surface area contributed by atoms with E-state index in [2.05, 4.69) is 4.98 Å². The number of nitrogens with zero attached hydrogens (tertiary/aromatic N) is 2. The van der Waals surface area contributed by atoms with Crippen LogP contribution in [0.1, 0.15) is 23.3 Å². The first kappa shape index (κ1) is 14.7. The minimum atomic E-state index is -0.517. The van der Waals surface area contributed by atoms with Crippen molar-refractivity contribution in [1.29, 1.82) is 0 Å². The van der Waals surface area contributed by atoms with Gasteiger partial charge in [0, 0.05) is 19.2 Å². The van der Waals surface area contributed by atoms with E-state index in [0.29, 0.717) is 5.92 Å². The fourth-order valence-electron chi connectivity index (χ4n) is 2.44.